The highest BCUT2D eigenvalue weighted by atomic mass is 16.6. The number of non-ortho nitro benzene ring substituents is 1. The molecule has 0 bridgehead atoms. The van der Waals surface area contributed by atoms with Gasteiger partial charge in [-0.15, -0.1) is 0 Å². The number of carbonyl (C=O) groups is 1. The lowest BCUT2D eigenvalue weighted by atomic mass is 10.1. The Hall–Kier alpha value is -2.15. The molecule has 3 N–H and O–H groups in total. The smallest absolute Gasteiger partial charge is 0.274 e. The second kappa shape index (κ2) is 6.69. The molecule has 0 aromatic heterocycles. The zero-order valence-electron chi connectivity index (χ0n) is 10.9. The van der Waals surface area contributed by atoms with Crippen molar-refractivity contribution in [2.24, 2.45) is 5.84 Å². The lowest BCUT2D eigenvalue weighted by Gasteiger charge is -2.18. The average Bonchev–Trinajstić information content (AvgIpc) is 2.39. The predicted molar refractivity (Wildman–Crippen MR) is 69.5 cm³/mol. The van der Waals surface area contributed by atoms with Crippen LogP contribution in [0, 0.1) is 17.0 Å². The Balaban J connectivity index is 2.90. The number of ether oxygens (including phenoxy) is 1. The van der Waals surface area contributed by atoms with Crippen LogP contribution < -0.4 is 16.0 Å². The summed E-state index contributed by atoms with van der Waals surface area (Å²) < 4.78 is 5.56. The molecule has 1 rings (SSSR count). The van der Waals surface area contributed by atoms with E-state index in [0.717, 1.165) is 6.42 Å². The van der Waals surface area contributed by atoms with Crippen LogP contribution in [0.2, 0.25) is 0 Å². The van der Waals surface area contributed by atoms with Crippen molar-refractivity contribution in [3.63, 3.8) is 0 Å². The number of nitro benzene ring substituents is 1. The molecule has 0 aliphatic rings. The van der Waals surface area contributed by atoms with Gasteiger partial charge < -0.3 is 4.74 Å². The predicted octanol–water partition coefficient (Wildman–Crippen LogP) is 1.44. The van der Waals surface area contributed by atoms with E-state index < -0.39 is 16.9 Å². The summed E-state index contributed by atoms with van der Waals surface area (Å²) in [6.45, 7) is 3.61. The third-order valence-corrected chi connectivity index (χ3v) is 2.62. The van der Waals surface area contributed by atoms with Crippen LogP contribution in [0.3, 0.4) is 0 Å². The van der Waals surface area contributed by atoms with Gasteiger partial charge in [-0.2, -0.15) is 0 Å². The van der Waals surface area contributed by atoms with Crippen molar-refractivity contribution in [3.8, 4) is 5.75 Å². The molecule has 7 heteroatoms. The Morgan fingerprint density at radius 1 is 1.58 bits per heavy atom. The van der Waals surface area contributed by atoms with Crippen LogP contribution in [0.25, 0.3) is 0 Å². The molecule has 0 saturated carbocycles. The summed E-state index contributed by atoms with van der Waals surface area (Å²) in [5.74, 6) is 5.11. The molecule has 1 aromatic carbocycles. The van der Waals surface area contributed by atoms with Gasteiger partial charge in [-0.1, -0.05) is 13.3 Å². The van der Waals surface area contributed by atoms with Gasteiger partial charge in [0.05, 0.1) is 4.92 Å². The second-order valence-corrected chi connectivity index (χ2v) is 4.11. The summed E-state index contributed by atoms with van der Waals surface area (Å²) in [6, 6.07) is 4.23. The number of hydrazine groups is 1. The van der Waals surface area contributed by atoms with Crippen molar-refractivity contribution in [1.29, 1.82) is 0 Å². The van der Waals surface area contributed by atoms with Crippen LogP contribution in [-0.2, 0) is 4.79 Å². The fourth-order valence-electron chi connectivity index (χ4n) is 1.63. The Bertz CT molecular complexity index is 476. The molecule has 0 fully saturated rings. The number of carbonyl (C=O) groups excluding carboxylic acids is 1. The molecule has 1 amide bonds. The maximum atomic E-state index is 11.5. The normalized spacial score (nSPS) is 11.7. The number of nitrogens with zero attached hydrogens (tertiary/aromatic N) is 1. The highest BCUT2D eigenvalue weighted by Gasteiger charge is 2.20. The van der Waals surface area contributed by atoms with Gasteiger partial charge >= 0.3 is 0 Å². The average molecular weight is 267 g/mol. The Kier molecular flexibility index (Phi) is 5.25. The van der Waals surface area contributed by atoms with E-state index in [1.807, 2.05) is 12.3 Å². The van der Waals surface area contributed by atoms with E-state index in [-0.39, 0.29) is 5.69 Å². The summed E-state index contributed by atoms with van der Waals surface area (Å²) in [4.78, 5) is 21.7. The van der Waals surface area contributed by atoms with Crippen molar-refractivity contribution in [2.45, 2.75) is 32.8 Å². The van der Waals surface area contributed by atoms with Crippen LogP contribution >= 0.6 is 0 Å². The van der Waals surface area contributed by atoms with Crippen LogP contribution in [0.15, 0.2) is 18.2 Å². The fourth-order valence-corrected chi connectivity index (χ4v) is 1.63. The first kappa shape index (κ1) is 14.9. The van der Waals surface area contributed by atoms with Crippen LogP contribution in [0.4, 0.5) is 5.69 Å². The Morgan fingerprint density at radius 3 is 2.74 bits per heavy atom. The minimum atomic E-state index is -0.699. The number of benzene rings is 1. The summed E-state index contributed by atoms with van der Waals surface area (Å²) in [5, 5.41) is 10.6. The number of hydrogen-bond acceptors (Lipinski definition) is 5. The number of hydrogen-bond donors (Lipinski definition) is 2. The number of nitro groups is 1. The molecule has 0 aliphatic heterocycles. The van der Waals surface area contributed by atoms with E-state index in [1.165, 1.54) is 18.2 Å². The number of nitrogens with two attached hydrogens (primary N) is 1. The summed E-state index contributed by atoms with van der Waals surface area (Å²) >= 11 is 0. The Labute approximate surface area is 110 Å². The van der Waals surface area contributed by atoms with Crippen LogP contribution in [0.1, 0.15) is 25.3 Å². The first-order valence-electron chi connectivity index (χ1n) is 5.91. The van der Waals surface area contributed by atoms with Gasteiger partial charge in [0.15, 0.2) is 6.10 Å². The molecule has 0 spiro atoms. The van der Waals surface area contributed by atoms with Crippen molar-refractivity contribution in [1.82, 2.24) is 5.43 Å². The zero-order valence-corrected chi connectivity index (χ0v) is 10.9. The quantitative estimate of drug-likeness (QED) is 0.351. The molecule has 0 heterocycles. The lowest BCUT2D eigenvalue weighted by Crippen LogP contribution is -2.42. The summed E-state index contributed by atoms with van der Waals surface area (Å²) in [5.41, 5.74) is 2.63. The van der Waals surface area contributed by atoms with Crippen LogP contribution in [-0.4, -0.2) is 16.9 Å². The third kappa shape index (κ3) is 3.92. The highest BCUT2D eigenvalue weighted by Crippen LogP contribution is 2.24. The number of amides is 1. The molecule has 104 valence electrons. The number of aryl methyl sites for hydroxylation is 1. The zero-order chi connectivity index (χ0) is 14.4. The Morgan fingerprint density at radius 2 is 2.26 bits per heavy atom. The molecule has 1 atom stereocenters. The van der Waals surface area contributed by atoms with E-state index in [2.05, 4.69) is 0 Å². The van der Waals surface area contributed by atoms with Gasteiger partial charge in [-0.05, 0) is 25.0 Å². The van der Waals surface area contributed by atoms with E-state index in [1.54, 1.807) is 6.92 Å². The third-order valence-electron chi connectivity index (χ3n) is 2.62. The van der Waals surface area contributed by atoms with Gasteiger partial charge in [-0.25, -0.2) is 5.84 Å². The molecule has 0 radical (unpaired) electrons. The molecular formula is C12H17N3O4. The van der Waals surface area contributed by atoms with Gasteiger partial charge in [0.25, 0.3) is 11.6 Å². The van der Waals surface area contributed by atoms with Crippen molar-refractivity contribution < 1.29 is 14.5 Å². The van der Waals surface area contributed by atoms with E-state index >= 15 is 0 Å². The number of nitrogens with one attached hydrogen (secondary N) is 1. The molecule has 1 unspecified atom stereocenters. The molecule has 7 nitrogen and oxygen atoms in total. The summed E-state index contributed by atoms with van der Waals surface area (Å²) in [6.07, 6.45) is 0.569. The van der Waals surface area contributed by atoms with Gasteiger partial charge in [-0.3, -0.25) is 20.3 Å². The first-order valence-corrected chi connectivity index (χ1v) is 5.91. The van der Waals surface area contributed by atoms with Gasteiger partial charge in [0.2, 0.25) is 0 Å². The van der Waals surface area contributed by atoms with Gasteiger partial charge in [0, 0.05) is 12.1 Å². The van der Waals surface area contributed by atoms with Gasteiger partial charge in [0.1, 0.15) is 5.75 Å². The SMILES string of the molecule is CCCC(Oc1ccc([N+](=O)[O-])cc1C)C(=O)NN. The maximum Gasteiger partial charge on any atom is 0.274 e. The monoisotopic (exact) mass is 267 g/mol. The minimum absolute atomic E-state index is 0.0137. The number of rotatable bonds is 6. The van der Waals surface area contributed by atoms with Crippen LogP contribution in [0.5, 0.6) is 5.75 Å². The lowest BCUT2D eigenvalue weighted by molar-refractivity contribution is -0.384. The van der Waals surface area contributed by atoms with E-state index in [4.69, 9.17) is 10.6 Å². The standard InChI is InChI=1S/C12H17N3O4/c1-3-4-11(12(16)14-13)19-10-6-5-9(15(17)18)7-8(10)2/h5-7,11H,3-4,13H2,1-2H3,(H,14,16). The first-order chi connectivity index (χ1) is 8.99. The largest absolute Gasteiger partial charge is 0.480 e. The summed E-state index contributed by atoms with van der Waals surface area (Å²) in [7, 11) is 0. The van der Waals surface area contributed by atoms with E-state index in [0.29, 0.717) is 17.7 Å². The van der Waals surface area contributed by atoms with Crippen molar-refractivity contribution in [3.05, 3.63) is 33.9 Å². The highest BCUT2D eigenvalue weighted by molar-refractivity contribution is 5.80. The fraction of sp³-hybridized carbons (Fsp3) is 0.417. The van der Waals surface area contributed by atoms with E-state index in [9.17, 15) is 14.9 Å². The maximum absolute atomic E-state index is 11.5. The molecule has 0 saturated heterocycles. The molecule has 19 heavy (non-hydrogen) atoms. The minimum Gasteiger partial charge on any atom is -0.480 e. The second-order valence-electron chi connectivity index (χ2n) is 4.11. The molecule has 0 aliphatic carbocycles. The molecule has 1 aromatic rings. The topological polar surface area (TPSA) is 107 Å². The van der Waals surface area contributed by atoms with Crippen molar-refractivity contribution >= 4 is 11.6 Å². The van der Waals surface area contributed by atoms with Crippen molar-refractivity contribution in [2.75, 3.05) is 0 Å². The molecular weight excluding hydrogens is 250 g/mol.